The third-order valence-corrected chi connectivity index (χ3v) is 3.88. The number of nitrogens with zero attached hydrogens (tertiary/aromatic N) is 3. The number of imidazole rings is 1. The first-order valence-electron chi connectivity index (χ1n) is 6.57. The van der Waals surface area contributed by atoms with E-state index in [1.54, 1.807) is 12.4 Å². The SMILES string of the molecule is CC(C1CCOC1)n1cncc1-c1cnccc1N. The van der Waals surface area contributed by atoms with Gasteiger partial charge in [0.05, 0.1) is 24.8 Å². The van der Waals surface area contributed by atoms with Gasteiger partial charge in [-0.25, -0.2) is 4.98 Å². The normalized spacial score (nSPS) is 20.6. The number of nitrogen functional groups attached to an aromatic ring is 1. The minimum atomic E-state index is 0.347. The molecule has 19 heavy (non-hydrogen) atoms. The van der Waals surface area contributed by atoms with E-state index < -0.39 is 0 Å². The van der Waals surface area contributed by atoms with E-state index in [1.165, 1.54) is 0 Å². The number of hydrogen-bond acceptors (Lipinski definition) is 4. The van der Waals surface area contributed by atoms with Gasteiger partial charge in [0.15, 0.2) is 0 Å². The van der Waals surface area contributed by atoms with E-state index >= 15 is 0 Å². The summed E-state index contributed by atoms with van der Waals surface area (Å²) in [6.07, 6.45) is 8.31. The van der Waals surface area contributed by atoms with Crippen LogP contribution in [0.1, 0.15) is 19.4 Å². The van der Waals surface area contributed by atoms with E-state index in [1.807, 2.05) is 18.6 Å². The lowest BCUT2D eigenvalue weighted by molar-refractivity contribution is 0.175. The first-order chi connectivity index (χ1) is 9.27. The van der Waals surface area contributed by atoms with Crippen LogP contribution in [-0.2, 0) is 4.74 Å². The maximum atomic E-state index is 6.03. The number of ether oxygens (including phenoxy) is 1. The van der Waals surface area contributed by atoms with E-state index in [4.69, 9.17) is 10.5 Å². The molecule has 2 N–H and O–H groups in total. The molecular weight excluding hydrogens is 240 g/mol. The van der Waals surface area contributed by atoms with Crippen molar-refractivity contribution in [2.45, 2.75) is 19.4 Å². The molecule has 2 aromatic rings. The van der Waals surface area contributed by atoms with E-state index in [-0.39, 0.29) is 0 Å². The Morgan fingerprint density at radius 2 is 2.32 bits per heavy atom. The van der Waals surface area contributed by atoms with Crippen molar-refractivity contribution in [1.29, 1.82) is 0 Å². The Bertz CT molecular complexity index is 560. The molecule has 0 amide bonds. The molecule has 2 unspecified atom stereocenters. The average Bonchev–Trinajstić information content (AvgIpc) is 3.10. The largest absolute Gasteiger partial charge is 0.398 e. The van der Waals surface area contributed by atoms with Gasteiger partial charge in [0.1, 0.15) is 0 Å². The topological polar surface area (TPSA) is 66.0 Å². The van der Waals surface area contributed by atoms with Crippen LogP contribution in [0.5, 0.6) is 0 Å². The van der Waals surface area contributed by atoms with Crippen LogP contribution in [0.4, 0.5) is 5.69 Å². The summed E-state index contributed by atoms with van der Waals surface area (Å²) in [5, 5.41) is 0. The summed E-state index contributed by atoms with van der Waals surface area (Å²) in [6, 6.07) is 2.16. The lowest BCUT2D eigenvalue weighted by Crippen LogP contribution is -2.17. The molecule has 0 radical (unpaired) electrons. The molecule has 1 saturated heterocycles. The molecule has 0 aromatic carbocycles. The van der Waals surface area contributed by atoms with Crippen molar-refractivity contribution in [3.8, 4) is 11.3 Å². The second-order valence-corrected chi connectivity index (χ2v) is 5.01. The Morgan fingerprint density at radius 1 is 1.42 bits per heavy atom. The predicted octanol–water partition coefficient (Wildman–Crippen LogP) is 2.12. The van der Waals surface area contributed by atoms with Crippen molar-refractivity contribution in [3.05, 3.63) is 31.0 Å². The van der Waals surface area contributed by atoms with Crippen LogP contribution >= 0.6 is 0 Å². The van der Waals surface area contributed by atoms with Gasteiger partial charge in [-0.15, -0.1) is 0 Å². The average molecular weight is 258 g/mol. The lowest BCUT2D eigenvalue weighted by Gasteiger charge is -2.22. The molecule has 0 bridgehead atoms. The Hall–Kier alpha value is -1.88. The number of hydrogen-bond donors (Lipinski definition) is 1. The van der Waals surface area contributed by atoms with Gasteiger partial charge in [0, 0.05) is 42.2 Å². The van der Waals surface area contributed by atoms with Gasteiger partial charge in [0.2, 0.25) is 0 Å². The van der Waals surface area contributed by atoms with E-state index in [0.29, 0.717) is 12.0 Å². The molecule has 2 atom stereocenters. The molecular formula is C14H18N4O. The van der Waals surface area contributed by atoms with Crippen LogP contribution in [0.25, 0.3) is 11.3 Å². The quantitative estimate of drug-likeness (QED) is 0.915. The Balaban J connectivity index is 1.96. The molecule has 3 heterocycles. The molecule has 1 aliphatic rings. The second-order valence-electron chi connectivity index (χ2n) is 5.01. The van der Waals surface area contributed by atoms with E-state index in [0.717, 1.165) is 36.6 Å². The maximum absolute atomic E-state index is 6.03. The summed E-state index contributed by atoms with van der Waals surface area (Å²) in [6.45, 7) is 3.88. The first kappa shape index (κ1) is 12.2. The van der Waals surface area contributed by atoms with Gasteiger partial charge in [-0.1, -0.05) is 0 Å². The van der Waals surface area contributed by atoms with Crippen LogP contribution < -0.4 is 5.73 Å². The Labute approximate surface area is 112 Å². The molecule has 0 saturated carbocycles. The summed E-state index contributed by atoms with van der Waals surface area (Å²) in [5.41, 5.74) is 8.71. The minimum absolute atomic E-state index is 0.347. The van der Waals surface area contributed by atoms with Crippen molar-refractivity contribution >= 4 is 5.69 Å². The highest BCUT2D eigenvalue weighted by atomic mass is 16.5. The van der Waals surface area contributed by atoms with Crippen LogP contribution in [-0.4, -0.2) is 27.7 Å². The van der Waals surface area contributed by atoms with Gasteiger partial charge >= 0.3 is 0 Å². The fourth-order valence-electron chi connectivity index (χ4n) is 2.62. The molecule has 5 heteroatoms. The Morgan fingerprint density at radius 3 is 3.05 bits per heavy atom. The van der Waals surface area contributed by atoms with Crippen molar-refractivity contribution in [3.63, 3.8) is 0 Å². The number of pyridine rings is 1. The molecule has 2 aromatic heterocycles. The van der Waals surface area contributed by atoms with Crippen LogP contribution in [0.15, 0.2) is 31.0 Å². The molecule has 0 aliphatic carbocycles. The maximum Gasteiger partial charge on any atom is 0.0953 e. The lowest BCUT2D eigenvalue weighted by atomic mass is 10.00. The van der Waals surface area contributed by atoms with Crippen LogP contribution in [0.2, 0.25) is 0 Å². The molecule has 0 spiro atoms. The number of nitrogens with two attached hydrogens (primary N) is 1. The zero-order valence-electron chi connectivity index (χ0n) is 11.0. The number of aromatic nitrogens is 3. The molecule has 3 rings (SSSR count). The predicted molar refractivity (Wildman–Crippen MR) is 73.5 cm³/mol. The standard InChI is InChI=1S/C14H18N4O/c1-10(11-3-5-19-8-11)18-9-17-7-14(18)12-6-16-4-2-13(12)15/h2,4,6-7,9-11H,3,5,8H2,1H3,(H2,15,16). The van der Waals surface area contributed by atoms with Crippen molar-refractivity contribution in [1.82, 2.24) is 14.5 Å². The fraction of sp³-hybridized carbons (Fsp3) is 0.429. The Kier molecular flexibility index (Phi) is 3.21. The molecule has 5 nitrogen and oxygen atoms in total. The third kappa shape index (κ3) is 2.21. The monoisotopic (exact) mass is 258 g/mol. The van der Waals surface area contributed by atoms with Crippen molar-refractivity contribution in [2.75, 3.05) is 18.9 Å². The van der Waals surface area contributed by atoms with E-state index in [2.05, 4.69) is 21.5 Å². The molecule has 1 fully saturated rings. The second kappa shape index (κ2) is 5.01. The van der Waals surface area contributed by atoms with Crippen molar-refractivity contribution in [2.24, 2.45) is 5.92 Å². The number of anilines is 1. The molecule has 100 valence electrons. The summed E-state index contributed by atoms with van der Waals surface area (Å²) in [4.78, 5) is 8.42. The van der Waals surface area contributed by atoms with Gasteiger partial charge in [0.25, 0.3) is 0 Å². The van der Waals surface area contributed by atoms with Gasteiger partial charge < -0.3 is 15.0 Å². The van der Waals surface area contributed by atoms with Gasteiger partial charge in [-0.3, -0.25) is 4.98 Å². The summed E-state index contributed by atoms with van der Waals surface area (Å²) >= 11 is 0. The van der Waals surface area contributed by atoms with E-state index in [9.17, 15) is 0 Å². The highest BCUT2D eigenvalue weighted by molar-refractivity contribution is 5.72. The first-order valence-corrected chi connectivity index (χ1v) is 6.57. The summed E-state index contributed by atoms with van der Waals surface area (Å²) in [5.74, 6) is 0.533. The smallest absolute Gasteiger partial charge is 0.0953 e. The fourth-order valence-corrected chi connectivity index (χ4v) is 2.62. The van der Waals surface area contributed by atoms with Crippen LogP contribution in [0, 0.1) is 5.92 Å². The molecule has 1 aliphatic heterocycles. The third-order valence-electron chi connectivity index (χ3n) is 3.88. The van der Waals surface area contributed by atoms with Crippen LogP contribution in [0.3, 0.4) is 0 Å². The highest BCUT2D eigenvalue weighted by Crippen LogP contribution is 2.32. The van der Waals surface area contributed by atoms with Crippen molar-refractivity contribution < 1.29 is 4.74 Å². The highest BCUT2D eigenvalue weighted by Gasteiger charge is 2.25. The zero-order chi connectivity index (χ0) is 13.2. The summed E-state index contributed by atoms with van der Waals surface area (Å²) < 4.78 is 7.65. The number of rotatable bonds is 3. The zero-order valence-corrected chi connectivity index (χ0v) is 11.0. The summed E-state index contributed by atoms with van der Waals surface area (Å²) in [7, 11) is 0. The van der Waals surface area contributed by atoms with Gasteiger partial charge in [-0.05, 0) is 19.4 Å². The minimum Gasteiger partial charge on any atom is -0.398 e. The van der Waals surface area contributed by atoms with Gasteiger partial charge in [-0.2, -0.15) is 0 Å².